The van der Waals surface area contributed by atoms with Gasteiger partial charge in [0, 0.05) is 30.8 Å². The molecule has 4 heterocycles. The van der Waals surface area contributed by atoms with Gasteiger partial charge < -0.3 is 48.5 Å². The Bertz CT molecular complexity index is 1200. The third kappa shape index (κ3) is 12.1. The molecule has 4 aliphatic rings. The monoisotopic (exact) mass is 724 g/mol. The van der Waals surface area contributed by atoms with Crippen molar-refractivity contribution in [2.24, 2.45) is 5.41 Å². The molecule has 0 aliphatic carbocycles. The van der Waals surface area contributed by atoms with Gasteiger partial charge in [-0.15, -0.1) is 0 Å². The van der Waals surface area contributed by atoms with Crippen LogP contribution in [0.2, 0.25) is 0 Å². The predicted octanol–water partition coefficient (Wildman–Crippen LogP) is 4.33. The first-order valence-electron chi connectivity index (χ1n) is 18.8. The lowest BCUT2D eigenvalue weighted by atomic mass is 9.74. The fraction of sp³-hybridized carbons (Fsp3) is 0.816. The van der Waals surface area contributed by atoms with E-state index in [9.17, 15) is 29.7 Å². The zero-order chi connectivity index (χ0) is 37.0. The average molecular weight is 725 g/mol. The van der Waals surface area contributed by atoms with Gasteiger partial charge >= 0.3 is 17.9 Å². The van der Waals surface area contributed by atoms with Crippen molar-refractivity contribution in [3.05, 3.63) is 23.8 Å². The van der Waals surface area contributed by atoms with E-state index in [1.807, 2.05) is 0 Å². The average Bonchev–Trinajstić information content (AvgIpc) is 3.08. The SMILES string of the molecule is CCCCCCCC(=O)O[C@H]1/C(=C/C(=O)OC)C[C@H]2C[C@H](CO)OC(=O)C[C@H](O)CC3CCC[C@H](C[C@@H]4CCO[C@H](/C=C/C(C)(C)[C@]1(O)O2)O4)O3. The number of fused-ring (bicyclic) bond motifs is 6. The molecule has 0 aromatic heterocycles. The largest absolute Gasteiger partial charge is 0.466 e. The molecule has 0 saturated carbocycles. The van der Waals surface area contributed by atoms with Crippen molar-refractivity contribution in [1.82, 2.24) is 0 Å². The van der Waals surface area contributed by atoms with E-state index in [1.165, 1.54) is 13.2 Å². The fourth-order valence-electron chi connectivity index (χ4n) is 7.38. The van der Waals surface area contributed by atoms with Crippen molar-refractivity contribution in [3.8, 4) is 0 Å². The second kappa shape index (κ2) is 19.6. The minimum Gasteiger partial charge on any atom is -0.466 e. The van der Waals surface area contributed by atoms with Gasteiger partial charge in [0.25, 0.3) is 0 Å². The fourth-order valence-corrected chi connectivity index (χ4v) is 7.38. The maximum atomic E-state index is 13.3. The summed E-state index contributed by atoms with van der Waals surface area (Å²) >= 11 is 0. The van der Waals surface area contributed by atoms with E-state index in [2.05, 4.69) is 6.92 Å². The Labute approximate surface area is 302 Å². The van der Waals surface area contributed by atoms with Crippen molar-refractivity contribution in [2.75, 3.05) is 20.3 Å². The summed E-state index contributed by atoms with van der Waals surface area (Å²) in [5.74, 6) is -4.21. The highest BCUT2D eigenvalue weighted by Gasteiger charge is 2.57. The highest BCUT2D eigenvalue weighted by Crippen LogP contribution is 2.47. The van der Waals surface area contributed by atoms with Gasteiger partial charge in [0.1, 0.15) is 6.10 Å². The summed E-state index contributed by atoms with van der Waals surface area (Å²) in [6.45, 7) is 5.42. The van der Waals surface area contributed by atoms with E-state index in [4.69, 9.17) is 33.2 Å². The number of rotatable bonds is 9. The Balaban J connectivity index is 1.68. The van der Waals surface area contributed by atoms with Crippen molar-refractivity contribution in [1.29, 1.82) is 0 Å². The molecule has 4 rings (SSSR count). The lowest BCUT2D eigenvalue weighted by Gasteiger charge is -2.51. The topological polar surface area (TPSA) is 177 Å². The molecule has 3 saturated heterocycles. The highest BCUT2D eigenvalue weighted by atomic mass is 16.7. The van der Waals surface area contributed by atoms with Crippen LogP contribution in [0.25, 0.3) is 0 Å². The van der Waals surface area contributed by atoms with Crippen LogP contribution in [0.4, 0.5) is 0 Å². The summed E-state index contributed by atoms with van der Waals surface area (Å²) in [4.78, 5) is 38.9. The first-order chi connectivity index (χ1) is 24.3. The minimum absolute atomic E-state index is 0.000953. The van der Waals surface area contributed by atoms with E-state index in [0.29, 0.717) is 25.9 Å². The van der Waals surface area contributed by atoms with E-state index >= 15 is 0 Å². The second-order valence-electron chi connectivity index (χ2n) is 15.0. The minimum atomic E-state index is -2.25. The van der Waals surface area contributed by atoms with E-state index in [0.717, 1.165) is 44.9 Å². The van der Waals surface area contributed by atoms with Crippen LogP contribution in [0, 0.1) is 5.41 Å². The normalized spacial score (nSPS) is 36.4. The van der Waals surface area contributed by atoms with Crippen LogP contribution >= 0.6 is 0 Å². The van der Waals surface area contributed by atoms with Gasteiger partial charge in [0.05, 0.1) is 57.3 Å². The molecular weight excluding hydrogens is 664 g/mol. The predicted molar refractivity (Wildman–Crippen MR) is 184 cm³/mol. The Kier molecular flexibility index (Phi) is 15.9. The van der Waals surface area contributed by atoms with Gasteiger partial charge in [-0.1, -0.05) is 52.5 Å². The molecule has 3 N–H and O–H groups in total. The maximum Gasteiger partial charge on any atom is 0.330 e. The molecule has 51 heavy (non-hydrogen) atoms. The van der Waals surface area contributed by atoms with Crippen LogP contribution in [0.5, 0.6) is 0 Å². The summed E-state index contributed by atoms with van der Waals surface area (Å²) in [6.07, 6.45) is 7.50. The number of ether oxygens (including phenoxy) is 7. The quantitative estimate of drug-likeness (QED) is 0.101. The van der Waals surface area contributed by atoms with Crippen LogP contribution in [0.15, 0.2) is 23.8 Å². The molecule has 0 aromatic rings. The van der Waals surface area contributed by atoms with Gasteiger partial charge in [0.2, 0.25) is 5.79 Å². The summed E-state index contributed by atoms with van der Waals surface area (Å²) in [5, 5.41) is 33.6. The molecule has 0 radical (unpaired) electrons. The molecule has 0 spiro atoms. The second-order valence-corrected chi connectivity index (χ2v) is 15.0. The molecule has 13 nitrogen and oxygen atoms in total. The number of unbranched alkanes of at least 4 members (excludes halogenated alkanes) is 4. The van der Waals surface area contributed by atoms with Gasteiger partial charge in [-0.05, 0) is 56.6 Å². The summed E-state index contributed by atoms with van der Waals surface area (Å²) in [7, 11) is 1.22. The van der Waals surface area contributed by atoms with Crippen molar-refractivity contribution >= 4 is 17.9 Å². The standard InChI is InChI=1S/C38H60O13/c1-5-6-7-8-9-13-32(41)50-36-25(19-33(42)45-4)18-30-23-31(24-39)48-34(43)21-26(40)20-27-11-10-12-28(47-27)22-29-15-17-46-35(49-29)14-16-37(2,3)38(36,44)51-30/h14,16,19,26-31,35-36,39-40,44H,5-13,15,17-18,20-24H2,1-4H3/b16-14+,25-19+/t26-,27?,28-,29+,30+,31-,35+,36+,38-/m1/s1. The molecule has 6 bridgehead atoms. The van der Waals surface area contributed by atoms with Gasteiger partial charge in [-0.25, -0.2) is 4.79 Å². The summed E-state index contributed by atoms with van der Waals surface area (Å²) in [6, 6.07) is 0. The molecular formula is C38H60O13. The molecule has 1 unspecified atom stereocenters. The molecule has 9 atom stereocenters. The van der Waals surface area contributed by atoms with Crippen molar-refractivity contribution < 1.29 is 62.9 Å². The Morgan fingerprint density at radius 2 is 1.71 bits per heavy atom. The number of carbonyl (C=O) groups excluding carboxylic acids is 3. The third-order valence-corrected chi connectivity index (χ3v) is 10.3. The number of cyclic esters (lactones) is 1. The summed E-state index contributed by atoms with van der Waals surface area (Å²) in [5.41, 5.74) is -1.04. The Morgan fingerprint density at radius 1 is 0.980 bits per heavy atom. The number of methoxy groups -OCH3 is 1. The molecule has 13 heteroatoms. The van der Waals surface area contributed by atoms with Crippen LogP contribution in [0.1, 0.15) is 117 Å². The molecule has 4 aliphatic heterocycles. The molecule has 0 amide bonds. The van der Waals surface area contributed by atoms with Crippen LogP contribution < -0.4 is 0 Å². The molecule has 3 fully saturated rings. The Morgan fingerprint density at radius 3 is 2.43 bits per heavy atom. The number of aliphatic hydroxyl groups excluding tert-OH is 2. The van der Waals surface area contributed by atoms with Crippen molar-refractivity contribution in [2.45, 2.75) is 172 Å². The highest BCUT2D eigenvalue weighted by molar-refractivity contribution is 5.83. The smallest absolute Gasteiger partial charge is 0.330 e. The number of hydrogen-bond donors (Lipinski definition) is 3. The Hall–Kier alpha value is -2.39. The van der Waals surface area contributed by atoms with E-state index < -0.39 is 66.4 Å². The van der Waals surface area contributed by atoms with Gasteiger partial charge in [-0.3, -0.25) is 9.59 Å². The number of esters is 3. The van der Waals surface area contributed by atoms with Crippen LogP contribution in [-0.4, -0.2) is 108 Å². The number of aliphatic hydroxyl groups is 3. The molecule has 0 aromatic carbocycles. The maximum absolute atomic E-state index is 13.3. The zero-order valence-corrected chi connectivity index (χ0v) is 30.8. The first kappa shape index (κ1) is 41.4. The number of carbonyl (C=O) groups is 3. The van der Waals surface area contributed by atoms with E-state index in [1.54, 1.807) is 26.0 Å². The van der Waals surface area contributed by atoms with E-state index in [-0.39, 0.29) is 56.0 Å². The van der Waals surface area contributed by atoms with Crippen LogP contribution in [-0.2, 0) is 47.5 Å². The lowest BCUT2D eigenvalue weighted by Crippen LogP contribution is -2.62. The van der Waals surface area contributed by atoms with Crippen LogP contribution in [0.3, 0.4) is 0 Å². The molecule has 290 valence electrons. The summed E-state index contributed by atoms with van der Waals surface area (Å²) < 4.78 is 41.4. The zero-order valence-electron chi connectivity index (χ0n) is 30.8. The third-order valence-electron chi connectivity index (χ3n) is 10.3. The first-order valence-corrected chi connectivity index (χ1v) is 18.8. The number of hydrogen-bond acceptors (Lipinski definition) is 13. The van der Waals surface area contributed by atoms with Crippen molar-refractivity contribution in [3.63, 3.8) is 0 Å². The van der Waals surface area contributed by atoms with Gasteiger partial charge in [-0.2, -0.15) is 0 Å². The lowest BCUT2D eigenvalue weighted by molar-refractivity contribution is -0.327. The van der Waals surface area contributed by atoms with Gasteiger partial charge in [0.15, 0.2) is 12.4 Å².